The number of anilines is 2. The van der Waals surface area contributed by atoms with Gasteiger partial charge in [0.05, 0.1) is 0 Å². The summed E-state index contributed by atoms with van der Waals surface area (Å²) in [6.45, 7) is 7.48. The topological polar surface area (TPSA) is 3.24 Å². The molecule has 3 aromatic rings. The molecule has 0 radical (unpaired) electrons. The van der Waals surface area contributed by atoms with Crippen molar-refractivity contribution in [2.24, 2.45) is 0 Å². The molecular formula is C20H21N. The van der Waals surface area contributed by atoms with Crippen LogP contribution in [0.5, 0.6) is 0 Å². The van der Waals surface area contributed by atoms with Gasteiger partial charge in [-0.3, -0.25) is 0 Å². The van der Waals surface area contributed by atoms with Gasteiger partial charge in [0, 0.05) is 17.9 Å². The van der Waals surface area contributed by atoms with Crippen LogP contribution in [-0.2, 0) is 0 Å². The summed E-state index contributed by atoms with van der Waals surface area (Å²) < 4.78 is 0. The van der Waals surface area contributed by atoms with Gasteiger partial charge in [-0.1, -0.05) is 36.4 Å². The number of rotatable bonds is 3. The van der Waals surface area contributed by atoms with Crippen molar-refractivity contribution < 1.29 is 0 Å². The molecule has 0 spiro atoms. The van der Waals surface area contributed by atoms with Crippen molar-refractivity contribution in [3.05, 3.63) is 71.8 Å². The minimum atomic E-state index is 0.960. The average molecular weight is 275 g/mol. The van der Waals surface area contributed by atoms with Crippen LogP contribution in [0, 0.1) is 13.8 Å². The Hall–Kier alpha value is -2.28. The summed E-state index contributed by atoms with van der Waals surface area (Å²) in [6.07, 6.45) is 0. The van der Waals surface area contributed by atoms with Crippen molar-refractivity contribution in [1.82, 2.24) is 0 Å². The predicted octanol–water partition coefficient (Wildman–Crippen LogP) is 5.61. The second kappa shape index (κ2) is 5.61. The molecule has 0 unspecified atom stereocenters. The molecule has 3 aromatic carbocycles. The van der Waals surface area contributed by atoms with E-state index in [-0.39, 0.29) is 0 Å². The normalized spacial score (nSPS) is 10.8. The van der Waals surface area contributed by atoms with Gasteiger partial charge in [-0.2, -0.15) is 0 Å². The van der Waals surface area contributed by atoms with Gasteiger partial charge in [0.25, 0.3) is 0 Å². The number of hydrogen-bond donors (Lipinski definition) is 0. The molecule has 21 heavy (non-hydrogen) atoms. The van der Waals surface area contributed by atoms with Gasteiger partial charge < -0.3 is 4.90 Å². The number of nitrogens with zero attached hydrogens (tertiary/aromatic N) is 1. The fourth-order valence-electron chi connectivity index (χ4n) is 2.97. The summed E-state index contributed by atoms with van der Waals surface area (Å²) in [6, 6.07) is 21.9. The molecule has 1 heteroatoms. The van der Waals surface area contributed by atoms with Gasteiger partial charge in [0.2, 0.25) is 0 Å². The Morgan fingerprint density at radius 3 is 2.05 bits per heavy atom. The Morgan fingerprint density at radius 1 is 0.714 bits per heavy atom. The van der Waals surface area contributed by atoms with Gasteiger partial charge in [-0.15, -0.1) is 0 Å². The Kier molecular flexibility index (Phi) is 3.66. The zero-order valence-corrected chi connectivity index (χ0v) is 12.9. The lowest BCUT2D eigenvalue weighted by molar-refractivity contribution is 1.02. The molecule has 0 aliphatic heterocycles. The SMILES string of the molecule is CCN(c1cc(C)cc(C)c1)c1ccc2ccccc2c1. The zero-order valence-electron chi connectivity index (χ0n) is 12.9. The summed E-state index contributed by atoms with van der Waals surface area (Å²) in [5.74, 6) is 0. The number of fused-ring (bicyclic) bond motifs is 1. The van der Waals surface area contributed by atoms with Crippen LogP contribution >= 0.6 is 0 Å². The van der Waals surface area contributed by atoms with Crippen LogP contribution in [0.4, 0.5) is 11.4 Å². The van der Waals surface area contributed by atoms with E-state index in [9.17, 15) is 0 Å². The zero-order chi connectivity index (χ0) is 14.8. The van der Waals surface area contributed by atoms with E-state index in [4.69, 9.17) is 0 Å². The third-order valence-electron chi connectivity index (χ3n) is 3.88. The van der Waals surface area contributed by atoms with Crippen LogP contribution in [0.25, 0.3) is 10.8 Å². The maximum atomic E-state index is 2.37. The van der Waals surface area contributed by atoms with Crippen LogP contribution in [0.15, 0.2) is 60.7 Å². The van der Waals surface area contributed by atoms with Crippen LogP contribution in [0.2, 0.25) is 0 Å². The summed E-state index contributed by atoms with van der Waals surface area (Å²) >= 11 is 0. The molecular weight excluding hydrogens is 254 g/mol. The van der Waals surface area contributed by atoms with Crippen molar-refractivity contribution >= 4 is 22.1 Å². The maximum absolute atomic E-state index is 2.37. The molecule has 3 rings (SSSR count). The third kappa shape index (κ3) is 2.78. The van der Waals surface area contributed by atoms with Crippen LogP contribution in [-0.4, -0.2) is 6.54 Å². The Morgan fingerprint density at radius 2 is 1.38 bits per heavy atom. The average Bonchev–Trinajstić information content (AvgIpc) is 2.47. The summed E-state index contributed by atoms with van der Waals surface area (Å²) in [7, 11) is 0. The van der Waals surface area contributed by atoms with E-state index in [1.165, 1.54) is 33.3 Å². The predicted molar refractivity (Wildman–Crippen MR) is 92.5 cm³/mol. The summed E-state index contributed by atoms with van der Waals surface area (Å²) in [4.78, 5) is 2.37. The van der Waals surface area contributed by atoms with E-state index in [0.29, 0.717) is 0 Å². The molecule has 0 saturated heterocycles. The third-order valence-corrected chi connectivity index (χ3v) is 3.88. The largest absolute Gasteiger partial charge is 0.342 e. The highest BCUT2D eigenvalue weighted by molar-refractivity contribution is 5.87. The second-order valence-electron chi connectivity index (χ2n) is 5.62. The first-order valence-electron chi connectivity index (χ1n) is 7.52. The first kappa shape index (κ1) is 13.7. The molecule has 0 aliphatic carbocycles. The van der Waals surface area contributed by atoms with E-state index in [1.54, 1.807) is 0 Å². The van der Waals surface area contributed by atoms with Gasteiger partial charge in [0.15, 0.2) is 0 Å². The van der Waals surface area contributed by atoms with Crippen molar-refractivity contribution in [2.75, 3.05) is 11.4 Å². The molecule has 0 fully saturated rings. The van der Waals surface area contributed by atoms with Crippen molar-refractivity contribution in [3.8, 4) is 0 Å². The first-order chi connectivity index (χ1) is 10.2. The highest BCUT2D eigenvalue weighted by atomic mass is 15.1. The molecule has 0 heterocycles. The first-order valence-corrected chi connectivity index (χ1v) is 7.52. The lowest BCUT2D eigenvalue weighted by Crippen LogP contribution is -2.16. The Bertz CT molecular complexity index is 753. The lowest BCUT2D eigenvalue weighted by atomic mass is 10.1. The van der Waals surface area contributed by atoms with Gasteiger partial charge in [-0.25, -0.2) is 0 Å². The van der Waals surface area contributed by atoms with Gasteiger partial charge in [0.1, 0.15) is 0 Å². The molecule has 0 bridgehead atoms. The number of hydrogen-bond acceptors (Lipinski definition) is 1. The molecule has 1 nitrogen and oxygen atoms in total. The van der Waals surface area contributed by atoms with Crippen LogP contribution < -0.4 is 4.90 Å². The fourth-order valence-corrected chi connectivity index (χ4v) is 2.97. The van der Waals surface area contributed by atoms with E-state index < -0.39 is 0 Å². The Balaban J connectivity index is 2.08. The van der Waals surface area contributed by atoms with Crippen LogP contribution in [0.3, 0.4) is 0 Å². The highest BCUT2D eigenvalue weighted by Crippen LogP contribution is 2.29. The quantitative estimate of drug-likeness (QED) is 0.600. The standard InChI is InChI=1S/C20H21N/c1-4-21(20-12-15(2)11-16(3)13-20)19-10-9-17-7-5-6-8-18(17)14-19/h5-14H,4H2,1-3H3. The van der Waals surface area contributed by atoms with Crippen LogP contribution in [0.1, 0.15) is 18.1 Å². The van der Waals surface area contributed by atoms with E-state index in [0.717, 1.165) is 6.54 Å². The smallest absolute Gasteiger partial charge is 0.0417 e. The number of aryl methyl sites for hydroxylation is 2. The molecule has 0 aliphatic rings. The van der Waals surface area contributed by atoms with Crippen molar-refractivity contribution in [2.45, 2.75) is 20.8 Å². The fraction of sp³-hybridized carbons (Fsp3) is 0.200. The molecule has 0 aromatic heterocycles. The van der Waals surface area contributed by atoms with Gasteiger partial charge >= 0.3 is 0 Å². The minimum Gasteiger partial charge on any atom is -0.342 e. The molecule has 106 valence electrons. The lowest BCUT2D eigenvalue weighted by Gasteiger charge is -2.24. The van der Waals surface area contributed by atoms with Crippen molar-refractivity contribution in [1.29, 1.82) is 0 Å². The molecule has 0 amide bonds. The Labute approximate surface area is 126 Å². The highest BCUT2D eigenvalue weighted by Gasteiger charge is 2.08. The van der Waals surface area contributed by atoms with E-state index in [2.05, 4.69) is 86.3 Å². The molecule has 0 N–H and O–H groups in total. The molecule has 0 saturated carbocycles. The monoisotopic (exact) mass is 275 g/mol. The van der Waals surface area contributed by atoms with Crippen molar-refractivity contribution in [3.63, 3.8) is 0 Å². The summed E-state index contributed by atoms with van der Waals surface area (Å²) in [5, 5.41) is 2.58. The molecule has 0 atom stereocenters. The summed E-state index contributed by atoms with van der Waals surface area (Å²) in [5.41, 5.74) is 5.14. The minimum absolute atomic E-state index is 0.960. The second-order valence-corrected chi connectivity index (χ2v) is 5.62. The van der Waals surface area contributed by atoms with E-state index in [1.807, 2.05) is 0 Å². The van der Waals surface area contributed by atoms with E-state index >= 15 is 0 Å². The maximum Gasteiger partial charge on any atom is 0.0417 e. The number of benzene rings is 3. The van der Waals surface area contributed by atoms with Gasteiger partial charge in [-0.05, 0) is 66.9 Å².